The van der Waals surface area contributed by atoms with E-state index in [-0.39, 0.29) is 5.91 Å². The molecule has 5 rings (SSSR count). The van der Waals surface area contributed by atoms with Gasteiger partial charge in [0.2, 0.25) is 0 Å². The smallest absolute Gasteiger partial charge is 0.255 e. The van der Waals surface area contributed by atoms with E-state index < -0.39 is 5.41 Å². The van der Waals surface area contributed by atoms with E-state index in [4.69, 9.17) is 0 Å². The van der Waals surface area contributed by atoms with Gasteiger partial charge >= 0.3 is 0 Å². The molecule has 3 heterocycles. The highest BCUT2D eigenvalue weighted by molar-refractivity contribution is 6.04. The Bertz CT molecular complexity index is 1890. The molecule has 0 fully saturated rings. The van der Waals surface area contributed by atoms with Gasteiger partial charge in [-0.15, -0.1) is 0 Å². The fourth-order valence-electron chi connectivity index (χ4n) is 4.49. The van der Waals surface area contributed by atoms with Gasteiger partial charge < -0.3 is 15.5 Å². The van der Waals surface area contributed by atoms with Crippen molar-refractivity contribution in [1.29, 1.82) is 5.26 Å². The summed E-state index contributed by atoms with van der Waals surface area (Å²) in [6, 6.07) is 19.1. The molecule has 0 atom stereocenters. The molecule has 2 aromatic carbocycles. The van der Waals surface area contributed by atoms with Gasteiger partial charge in [-0.3, -0.25) is 13.9 Å². The highest BCUT2D eigenvalue weighted by atomic mass is 16.1. The Balaban J connectivity index is 1.34. The van der Waals surface area contributed by atoms with Crippen molar-refractivity contribution in [2.24, 2.45) is 0 Å². The second kappa shape index (κ2) is 12.2. The summed E-state index contributed by atoms with van der Waals surface area (Å²) >= 11 is 0. The molecule has 0 saturated carbocycles. The largest absolute Gasteiger partial charge is 0.350 e. The molecule has 5 aromatic rings. The molecule has 0 radical (unpaired) electrons. The molecule has 0 aliphatic rings. The van der Waals surface area contributed by atoms with Crippen LogP contribution in [0.2, 0.25) is 0 Å². The number of imidazole rings is 1. The third-order valence-electron chi connectivity index (χ3n) is 7.17. The second-order valence-corrected chi connectivity index (χ2v) is 11.2. The Morgan fingerprint density at radius 3 is 2.67 bits per heavy atom. The summed E-state index contributed by atoms with van der Waals surface area (Å²) < 4.78 is 3.85. The van der Waals surface area contributed by atoms with Gasteiger partial charge in [-0.25, -0.2) is 4.98 Å². The number of carbonyl (C=O) groups is 1. The van der Waals surface area contributed by atoms with Gasteiger partial charge in [0.15, 0.2) is 5.65 Å². The van der Waals surface area contributed by atoms with E-state index in [1.54, 1.807) is 24.5 Å². The van der Waals surface area contributed by atoms with E-state index >= 15 is 0 Å². The number of rotatable bonds is 8. The fourth-order valence-corrected chi connectivity index (χ4v) is 4.49. The average Bonchev–Trinajstić information content (AvgIpc) is 3.63. The number of hydrogen-bond acceptors (Lipinski definition) is 6. The summed E-state index contributed by atoms with van der Waals surface area (Å²) in [5.74, 6) is 6.22. The predicted molar refractivity (Wildman–Crippen MR) is 169 cm³/mol. The maximum atomic E-state index is 13.1. The number of fused-ring (bicyclic) bond motifs is 1. The molecule has 9 nitrogen and oxygen atoms in total. The van der Waals surface area contributed by atoms with Crippen LogP contribution in [0.5, 0.6) is 0 Å². The molecule has 0 spiro atoms. The normalized spacial score (nSPS) is 11.2. The van der Waals surface area contributed by atoms with E-state index in [0.717, 1.165) is 52.5 Å². The van der Waals surface area contributed by atoms with Crippen molar-refractivity contribution in [3.8, 4) is 17.9 Å². The summed E-state index contributed by atoms with van der Waals surface area (Å²) in [4.78, 5) is 19.9. The second-order valence-electron chi connectivity index (χ2n) is 11.2. The van der Waals surface area contributed by atoms with Gasteiger partial charge in [0, 0.05) is 35.8 Å². The number of amides is 1. The highest BCUT2D eigenvalue weighted by Gasteiger charge is 2.20. The summed E-state index contributed by atoms with van der Waals surface area (Å²) in [6.45, 7) is 7.38. The van der Waals surface area contributed by atoms with E-state index in [9.17, 15) is 10.1 Å². The van der Waals surface area contributed by atoms with Crippen LogP contribution in [0.3, 0.4) is 0 Å². The molecule has 0 saturated heterocycles. The minimum atomic E-state index is -0.656. The van der Waals surface area contributed by atoms with Crippen LogP contribution in [0, 0.1) is 30.1 Å². The van der Waals surface area contributed by atoms with Crippen LogP contribution in [0.4, 0.5) is 17.1 Å². The van der Waals surface area contributed by atoms with Crippen molar-refractivity contribution in [2.45, 2.75) is 32.7 Å². The molecule has 1 amide bonds. The molecule has 9 heteroatoms. The van der Waals surface area contributed by atoms with Crippen molar-refractivity contribution < 1.29 is 4.79 Å². The molecule has 0 aliphatic heterocycles. The lowest BCUT2D eigenvalue weighted by Crippen LogP contribution is -2.18. The number of anilines is 3. The van der Waals surface area contributed by atoms with Crippen molar-refractivity contribution in [3.05, 3.63) is 107 Å². The average molecular weight is 571 g/mol. The summed E-state index contributed by atoms with van der Waals surface area (Å²) in [6.07, 6.45) is 7.46. The van der Waals surface area contributed by atoms with E-state index in [2.05, 4.69) is 43.5 Å². The SMILES string of the molecule is Cc1ccc(C(=O)Nc2cccc(C(C)(C)C#N)c2)cc1C#Cc1cnc2c(Nc3cnn(CCN(C)C)c3)cccn12. The minimum absolute atomic E-state index is 0.245. The molecule has 0 unspecified atom stereocenters. The van der Waals surface area contributed by atoms with E-state index in [1.807, 2.05) is 98.8 Å². The third-order valence-corrected chi connectivity index (χ3v) is 7.17. The van der Waals surface area contributed by atoms with Gasteiger partial charge in [0.1, 0.15) is 5.69 Å². The van der Waals surface area contributed by atoms with E-state index in [0.29, 0.717) is 11.3 Å². The van der Waals surface area contributed by atoms with Gasteiger partial charge in [0.25, 0.3) is 5.91 Å². The molecular formula is C34H34N8O. The first-order valence-corrected chi connectivity index (χ1v) is 14.0. The van der Waals surface area contributed by atoms with Crippen LogP contribution < -0.4 is 10.6 Å². The first kappa shape index (κ1) is 29.1. The topological polar surface area (TPSA) is 103 Å². The lowest BCUT2D eigenvalue weighted by molar-refractivity contribution is 0.102. The number of nitriles is 1. The summed E-state index contributed by atoms with van der Waals surface area (Å²) in [5.41, 5.74) is 6.23. The number of aryl methyl sites for hydroxylation is 1. The van der Waals surface area contributed by atoms with Crippen LogP contribution in [-0.4, -0.2) is 50.6 Å². The number of nitrogens with zero attached hydrogens (tertiary/aromatic N) is 6. The molecular weight excluding hydrogens is 536 g/mol. The van der Waals surface area contributed by atoms with Gasteiger partial charge in [0.05, 0.1) is 41.8 Å². The molecule has 43 heavy (non-hydrogen) atoms. The van der Waals surface area contributed by atoms with E-state index in [1.165, 1.54) is 0 Å². The maximum absolute atomic E-state index is 13.1. The summed E-state index contributed by atoms with van der Waals surface area (Å²) in [7, 11) is 4.08. The number of pyridine rings is 1. The summed E-state index contributed by atoms with van der Waals surface area (Å²) in [5, 5.41) is 20.3. The number of benzene rings is 2. The van der Waals surface area contributed by atoms with Crippen LogP contribution in [0.1, 0.15) is 46.6 Å². The quantitative estimate of drug-likeness (QED) is 0.236. The fraction of sp³-hybridized carbons (Fsp3) is 0.235. The number of nitrogens with one attached hydrogen (secondary N) is 2. The number of likely N-dealkylation sites (N-methyl/N-ethyl adjacent to an activating group) is 1. The molecule has 2 N–H and O–H groups in total. The van der Waals surface area contributed by atoms with Crippen LogP contribution in [-0.2, 0) is 12.0 Å². The minimum Gasteiger partial charge on any atom is -0.350 e. The predicted octanol–water partition coefficient (Wildman–Crippen LogP) is 5.60. The zero-order chi connectivity index (χ0) is 30.6. The zero-order valence-electron chi connectivity index (χ0n) is 25.0. The van der Waals surface area contributed by atoms with Gasteiger partial charge in [-0.1, -0.05) is 24.1 Å². The Morgan fingerprint density at radius 2 is 1.88 bits per heavy atom. The standard InChI is InChI=1S/C34H34N8O/c1-24-11-12-26(33(43)39-28-9-6-8-27(19-28)34(2,3)23-35)18-25(24)13-14-30-21-36-32-31(10-7-15-42(30)32)38-29-20-37-41(22-29)17-16-40(4)5/h6-12,15,18-22,38H,16-17H2,1-5H3,(H,39,43). The van der Waals surface area contributed by atoms with Crippen molar-refractivity contribution in [3.63, 3.8) is 0 Å². The molecule has 0 bridgehead atoms. The highest BCUT2D eigenvalue weighted by Crippen LogP contribution is 2.25. The first-order chi connectivity index (χ1) is 20.6. The number of aromatic nitrogens is 4. The Hall–Kier alpha value is -5.38. The Kier molecular flexibility index (Phi) is 8.29. The van der Waals surface area contributed by atoms with Crippen LogP contribution in [0.25, 0.3) is 5.65 Å². The maximum Gasteiger partial charge on any atom is 0.255 e. The Labute approximate surface area is 251 Å². The van der Waals surface area contributed by atoms with Gasteiger partial charge in [-0.05, 0) is 88.3 Å². The molecule has 0 aliphatic carbocycles. The molecule has 3 aromatic heterocycles. The van der Waals surface area contributed by atoms with Crippen molar-refractivity contribution in [2.75, 3.05) is 31.3 Å². The molecule has 216 valence electrons. The number of carbonyl (C=O) groups excluding carboxylic acids is 1. The lowest BCUT2D eigenvalue weighted by Gasteiger charge is -2.17. The van der Waals surface area contributed by atoms with Gasteiger partial charge in [-0.2, -0.15) is 10.4 Å². The van der Waals surface area contributed by atoms with Crippen LogP contribution in [0.15, 0.2) is 79.4 Å². The van der Waals surface area contributed by atoms with Crippen molar-refractivity contribution >= 4 is 28.6 Å². The third kappa shape index (κ3) is 6.75. The number of hydrogen-bond donors (Lipinski definition) is 2. The lowest BCUT2D eigenvalue weighted by atomic mass is 9.86. The Morgan fingerprint density at radius 1 is 1.05 bits per heavy atom. The van der Waals surface area contributed by atoms with Crippen LogP contribution >= 0.6 is 0 Å². The first-order valence-electron chi connectivity index (χ1n) is 14.0. The monoisotopic (exact) mass is 570 g/mol. The zero-order valence-corrected chi connectivity index (χ0v) is 25.0. The van der Waals surface area contributed by atoms with Crippen molar-refractivity contribution in [1.82, 2.24) is 24.1 Å².